The minimum Gasteiger partial charge on any atom is -0.469 e. The van der Waals surface area contributed by atoms with Gasteiger partial charge in [-0.25, -0.2) is 0 Å². The summed E-state index contributed by atoms with van der Waals surface area (Å²) < 4.78 is 5.09. The Balaban J connectivity index is 2.18. The van der Waals surface area contributed by atoms with Crippen LogP contribution >= 0.6 is 11.6 Å². The first-order valence-electron chi connectivity index (χ1n) is 4.14. The molecule has 72 valence electrons. The normalized spacial score (nSPS) is 12.5. The van der Waals surface area contributed by atoms with Gasteiger partial charge in [0, 0.05) is 13.0 Å². The van der Waals surface area contributed by atoms with Crippen molar-refractivity contribution in [2.45, 2.75) is 18.7 Å². The van der Waals surface area contributed by atoms with Gasteiger partial charge in [-0.05, 0) is 19.1 Å². The van der Waals surface area contributed by atoms with Crippen LogP contribution in [-0.2, 0) is 11.2 Å². The van der Waals surface area contributed by atoms with Crippen molar-refractivity contribution in [3.05, 3.63) is 24.2 Å². The predicted molar refractivity (Wildman–Crippen MR) is 50.7 cm³/mol. The fourth-order valence-electron chi connectivity index (χ4n) is 0.904. The van der Waals surface area contributed by atoms with Gasteiger partial charge in [-0.2, -0.15) is 0 Å². The number of alkyl halides is 1. The molecule has 1 aromatic heterocycles. The number of furan rings is 1. The van der Waals surface area contributed by atoms with Gasteiger partial charge in [0.1, 0.15) is 11.1 Å². The summed E-state index contributed by atoms with van der Waals surface area (Å²) >= 11 is 5.55. The minimum atomic E-state index is -0.475. The van der Waals surface area contributed by atoms with E-state index in [0.717, 1.165) is 5.76 Å². The third-order valence-electron chi connectivity index (χ3n) is 1.61. The number of amides is 1. The van der Waals surface area contributed by atoms with E-state index in [1.165, 1.54) is 0 Å². The number of rotatable bonds is 4. The highest BCUT2D eigenvalue weighted by Gasteiger charge is 2.07. The van der Waals surface area contributed by atoms with Crippen LogP contribution in [-0.4, -0.2) is 17.8 Å². The first-order chi connectivity index (χ1) is 6.20. The number of nitrogens with one attached hydrogen (secondary N) is 1. The molecule has 0 aliphatic rings. The molecule has 1 atom stereocenters. The highest BCUT2D eigenvalue weighted by atomic mass is 35.5. The molecule has 1 N–H and O–H groups in total. The summed E-state index contributed by atoms with van der Waals surface area (Å²) in [4.78, 5) is 11.0. The largest absolute Gasteiger partial charge is 0.469 e. The van der Waals surface area contributed by atoms with Crippen LogP contribution in [0.1, 0.15) is 12.7 Å². The fraction of sp³-hybridized carbons (Fsp3) is 0.444. The molecule has 0 saturated heterocycles. The third kappa shape index (κ3) is 3.51. The van der Waals surface area contributed by atoms with Crippen LogP contribution in [0.2, 0.25) is 0 Å². The zero-order valence-electron chi connectivity index (χ0n) is 7.42. The highest BCUT2D eigenvalue weighted by molar-refractivity contribution is 6.30. The number of hydrogen-bond donors (Lipinski definition) is 1. The summed E-state index contributed by atoms with van der Waals surface area (Å²) in [6.45, 7) is 2.20. The molecule has 0 bridgehead atoms. The molecule has 1 unspecified atom stereocenters. The molecule has 0 radical (unpaired) electrons. The van der Waals surface area contributed by atoms with E-state index in [1.807, 2.05) is 12.1 Å². The van der Waals surface area contributed by atoms with Crippen molar-refractivity contribution in [1.29, 1.82) is 0 Å². The van der Waals surface area contributed by atoms with Crippen molar-refractivity contribution in [3.8, 4) is 0 Å². The lowest BCUT2D eigenvalue weighted by atomic mass is 10.3. The second kappa shape index (κ2) is 4.92. The molecule has 4 heteroatoms. The zero-order chi connectivity index (χ0) is 9.68. The van der Waals surface area contributed by atoms with Crippen molar-refractivity contribution in [1.82, 2.24) is 5.32 Å². The van der Waals surface area contributed by atoms with Gasteiger partial charge in [0.2, 0.25) is 5.91 Å². The minimum absolute atomic E-state index is 0.145. The Hall–Kier alpha value is -0.960. The summed E-state index contributed by atoms with van der Waals surface area (Å²) in [6, 6.07) is 3.69. The molecule has 1 rings (SSSR count). The number of hydrogen-bond acceptors (Lipinski definition) is 2. The van der Waals surface area contributed by atoms with Crippen molar-refractivity contribution in [2.75, 3.05) is 6.54 Å². The topological polar surface area (TPSA) is 42.2 Å². The van der Waals surface area contributed by atoms with Gasteiger partial charge in [0.25, 0.3) is 0 Å². The highest BCUT2D eigenvalue weighted by Crippen LogP contribution is 2.00. The van der Waals surface area contributed by atoms with E-state index in [9.17, 15) is 4.79 Å². The van der Waals surface area contributed by atoms with E-state index in [1.54, 1.807) is 13.2 Å². The van der Waals surface area contributed by atoms with E-state index in [-0.39, 0.29) is 5.91 Å². The summed E-state index contributed by atoms with van der Waals surface area (Å²) in [5.41, 5.74) is 0. The molecular formula is C9H12ClNO2. The maximum Gasteiger partial charge on any atom is 0.237 e. The van der Waals surface area contributed by atoms with Crippen molar-refractivity contribution in [2.24, 2.45) is 0 Å². The lowest BCUT2D eigenvalue weighted by molar-refractivity contribution is -0.120. The Bertz CT molecular complexity index is 257. The van der Waals surface area contributed by atoms with Crippen LogP contribution in [0.5, 0.6) is 0 Å². The zero-order valence-corrected chi connectivity index (χ0v) is 8.17. The number of carbonyl (C=O) groups is 1. The lowest BCUT2D eigenvalue weighted by Gasteiger charge is -2.04. The summed E-state index contributed by atoms with van der Waals surface area (Å²) in [6.07, 6.45) is 2.31. The molecule has 1 aromatic rings. The number of halogens is 1. The molecule has 0 aromatic carbocycles. The molecule has 3 nitrogen and oxygen atoms in total. The lowest BCUT2D eigenvalue weighted by Crippen LogP contribution is -2.31. The van der Waals surface area contributed by atoms with Crippen LogP contribution in [0.4, 0.5) is 0 Å². The Morgan fingerprint density at radius 1 is 1.77 bits per heavy atom. The Morgan fingerprint density at radius 3 is 3.08 bits per heavy atom. The van der Waals surface area contributed by atoms with E-state index >= 15 is 0 Å². The fourth-order valence-corrected chi connectivity index (χ4v) is 0.982. The molecule has 0 spiro atoms. The second-order valence-electron chi connectivity index (χ2n) is 2.74. The predicted octanol–water partition coefficient (Wildman–Crippen LogP) is 1.57. The standard InChI is InChI=1S/C9H12ClNO2/c1-7(10)9(12)11-5-4-8-3-2-6-13-8/h2-3,6-7H,4-5H2,1H3,(H,11,12). The van der Waals surface area contributed by atoms with Crippen LogP contribution in [0.25, 0.3) is 0 Å². The van der Waals surface area contributed by atoms with Crippen LogP contribution in [0.3, 0.4) is 0 Å². The van der Waals surface area contributed by atoms with E-state index in [4.69, 9.17) is 16.0 Å². The maximum atomic E-state index is 11.0. The van der Waals surface area contributed by atoms with E-state index < -0.39 is 5.38 Å². The van der Waals surface area contributed by atoms with Crippen LogP contribution < -0.4 is 5.32 Å². The van der Waals surface area contributed by atoms with Crippen molar-refractivity contribution >= 4 is 17.5 Å². The second-order valence-corrected chi connectivity index (χ2v) is 3.39. The Labute approximate surface area is 82.1 Å². The first-order valence-corrected chi connectivity index (χ1v) is 4.58. The SMILES string of the molecule is CC(Cl)C(=O)NCCc1ccco1. The quantitative estimate of drug-likeness (QED) is 0.752. The summed E-state index contributed by atoms with van der Waals surface area (Å²) in [5, 5.41) is 2.21. The molecule has 1 amide bonds. The van der Waals surface area contributed by atoms with Crippen LogP contribution in [0.15, 0.2) is 22.8 Å². The average Bonchev–Trinajstić information content (AvgIpc) is 2.56. The van der Waals surface area contributed by atoms with Crippen molar-refractivity contribution in [3.63, 3.8) is 0 Å². The van der Waals surface area contributed by atoms with Gasteiger partial charge in [0.15, 0.2) is 0 Å². The molecule has 0 saturated carbocycles. The monoisotopic (exact) mass is 201 g/mol. The van der Waals surface area contributed by atoms with Gasteiger partial charge in [-0.1, -0.05) is 0 Å². The molecule has 0 aliphatic carbocycles. The van der Waals surface area contributed by atoms with Crippen molar-refractivity contribution < 1.29 is 9.21 Å². The molecule has 13 heavy (non-hydrogen) atoms. The molecular weight excluding hydrogens is 190 g/mol. The summed E-state index contributed by atoms with van der Waals surface area (Å²) in [5.74, 6) is 0.718. The Kier molecular flexibility index (Phi) is 3.83. The van der Waals surface area contributed by atoms with Crippen LogP contribution in [0, 0.1) is 0 Å². The van der Waals surface area contributed by atoms with Gasteiger partial charge in [0.05, 0.1) is 6.26 Å². The van der Waals surface area contributed by atoms with Gasteiger partial charge < -0.3 is 9.73 Å². The molecule has 0 aliphatic heterocycles. The third-order valence-corrected chi connectivity index (χ3v) is 1.81. The van der Waals surface area contributed by atoms with Gasteiger partial charge in [-0.15, -0.1) is 11.6 Å². The molecule has 1 heterocycles. The van der Waals surface area contributed by atoms with Gasteiger partial charge in [-0.3, -0.25) is 4.79 Å². The van der Waals surface area contributed by atoms with E-state index in [0.29, 0.717) is 13.0 Å². The first kappa shape index (κ1) is 10.1. The summed E-state index contributed by atoms with van der Waals surface area (Å²) in [7, 11) is 0. The van der Waals surface area contributed by atoms with Gasteiger partial charge >= 0.3 is 0 Å². The van der Waals surface area contributed by atoms with E-state index in [2.05, 4.69) is 5.32 Å². The number of carbonyl (C=O) groups excluding carboxylic acids is 1. The molecule has 0 fully saturated rings. The Morgan fingerprint density at radius 2 is 2.54 bits per heavy atom. The average molecular weight is 202 g/mol. The maximum absolute atomic E-state index is 11.0. The smallest absolute Gasteiger partial charge is 0.237 e.